The molecule has 4 aromatic rings. The molecular formula is C44H61Cl3N8O5Si. The molecule has 3 saturated heterocycles. The second-order valence-corrected chi connectivity index (χ2v) is 22.2. The highest BCUT2D eigenvalue weighted by Gasteiger charge is 2.39. The number of nitrogens with one attached hydrogen (secondary N) is 4. The summed E-state index contributed by atoms with van der Waals surface area (Å²) < 4.78 is 11.2. The van der Waals surface area contributed by atoms with E-state index in [1.165, 1.54) is 25.1 Å². The molecule has 0 aliphatic carbocycles. The Morgan fingerprint density at radius 1 is 0.705 bits per heavy atom. The number of aromatic hydroxyl groups is 1. The summed E-state index contributed by atoms with van der Waals surface area (Å²) in [7, 11) is -1.91. The summed E-state index contributed by atoms with van der Waals surface area (Å²) in [6.07, 6.45) is 9.06. The van der Waals surface area contributed by atoms with Gasteiger partial charge >= 0.3 is 12.1 Å². The Kier molecular flexibility index (Phi) is 19.1. The molecule has 0 saturated carbocycles. The lowest BCUT2D eigenvalue weighted by atomic mass is 10.0. The maximum atomic E-state index is 12.4. The quantitative estimate of drug-likeness (QED) is 0.109. The third-order valence-electron chi connectivity index (χ3n) is 11.0. The van der Waals surface area contributed by atoms with E-state index in [4.69, 9.17) is 32.4 Å². The highest BCUT2D eigenvalue weighted by atomic mass is 35.5. The van der Waals surface area contributed by atoms with Gasteiger partial charge in [0, 0.05) is 72.9 Å². The van der Waals surface area contributed by atoms with Crippen molar-refractivity contribution in [3.63, 3.8) is 0 Å². The van der Waals surface area contributed by atoms with E-state index in [1.807, 2.05) is 54.6 Å². The van der Waals surface area contributed by atoms with Crippen molar-refractivity contribution < 1.29 is 23.9 Å². The fraction of sp³-hybridized carbons (Fsp3) is 0.455. The predicted molar refractivity (Wildman–Crippen MR) is 253 cm³/mol. The number of halogens is 3. The lowest BCUT2D eigenvalue weighted by Crippen LogP contribution is -2.46. The number of piperidine rings is 2. The Hall–Kier alpha value is -4.47. The van der Waals surface area contributed by atoms with Gasteiger partial charge in [0.1, 0.15) is 23.1 Å². The van der Waals surface area contributed by atoms with Crippen LogP contribution < -0.4 is 35.5 Å². The molecule has 3 fully saturated rings. The number of amides is 4. The third-order valence-corrected chi connectivity index (χ3v) is 15.9. The van der Waals surface area contributed by atoms with Gasteiger partial charge in [-0.2, -0.15) is 0 Å². The van der Waals surface area contributed by atoms with Gasteiger partial charge in [-0.25, -0.2) is 19.6 Å². The van der Waals surface area contributed by atoms with Crippen molar-refractivity contribution in [2.24, 2.45) is 0 Å². The standard InChI is InChI=1S/C23H33ClN4O2Si.C17H19ClN4O2.C4H8O.ClH/c1-23(2,3)31(4,5)30-20-10-11-21(25-16-20)27-22(29)26-18-12-14-28(15-13-18)19-8-6-17(24)7-9-19;18-12-1-3-14(4-2-12)22-9-7-13(8-10-22)20-17(24)21-16-6-5-15(23)11-19-16;1-2-4-5-3-1;/h6-11,16,18H,12-15H2,1-5H3,(H2,25,26,27,29);1-6,11,13,23H,7-10H2,(H2,19,20,21,24);1-4H2;1H. The first-order valence-electron chi connectivity index (χ1n) is 20.7. The number of carbonyl (C=O) groups is 2. The SMILES string of the molecule is C1CCOC1.CC(C)(C)[Si](C)(C)Oc1ccc(NC(=O)NC2CCN(c3ccc(Cl)cc3)CC2)nc1.Cl.O=C(Nc1ccc(O)cn1)NC1CCN(c2ccc(Cl)cc2)CC1. The molecule has 7 rings (SSSR count). The molecule has 3 aliphatic heterocycles. The number of nitrogens with zero attached hydrogens (tertiary/aromatic N) is 4. The Bertz CT molecular complexity index is 1910. The van der Waals surface area contributed by atoms with Crippen LogP contribution in [0.5, 0.6) is 11.5 Å². The lowest BCUT2D eigenvalue weighted by Gasteiger charge is -2.36. The Morgan fingerprint density at radius 3 is 1.48 bits per heavy atom. The van der Waals surface area contributed by atoms with Crippen molar-refractivity contribution >= 4 is 79.0 Å². The molecule has 0 atom stereocenters. The van der Waals surface area contributed by atoms with Gasteiger partial charge in [-0.3, -0.25) is 10.6 Å². The largest absolute Gasteiger partial charge is 0.542 e. The first-order valence-corrected chi connectivity index (χ1v) is 24.3. The minimum absolute atomic E-state index is 0. The number of aromatic nitrogens is 2. The second-order valence-electron chi connectivity index (χ2n) is 16.6. The highest BCUT2D eigenvalue weighted by molar-refractivity contribution is 6.74. The van der Waals surface area contributed by atoms with Crippen molar-refractivity contribution in [2.45, 2.75) is 89.5 Å². The summed E-state index contributed by atoms with van der Waals surface area (Å²) in [5, 5.41) is 22.3. The van der Waals surface area contributed by atoms with E-state index in [0.717, 1.165) is 92.2 Å². The summed E-state index contributed by atoms with van der Waals surface area (Å²) in [5.74, 6) is 1.73. The maximum Gasteiger partial charge on any atom is 0.320 e. The van der Waals surface area contributed by atoms with Crippen molar-refractivity contribution in [3.05, 3.63) is 95.2 Å². The van der Waals surface area contributed by atoms with Crippen molar-refractivity contribution in [2.75, 3.05) is 59.8 Å². The summed E-state index contributed by atoms with van der Waals surface area (Å²) in [4.78, 5) is 37.3. The zero-order valence-electron chi connectivity index (χ0n) is 35.8. The van der Waals surface area contributed by atoms with Gasteiger partial charge in [0.25, 0.3) is 8.32 Å². The van der Waals surface area contributed by atoms with Crippen LogP contribution >= 0.6 is 35.6 Å². The van der Waals surface area contributed by atoms with E-state index in [2.05, 4.69) is 74.9 Å². The van der Waals surface area contributed by atoms with Crippen LogP contribution in [0.15, 0.2) is 85.2 Å². The van der Waals surface area contributed by atoms with Crippen LogP contribution in [0, 0.1) is 0 Å². The van der Waals surface area contributed by atoms with Crippen LogP contribution in [0.2, 0.25) is 28.2 Å². The number of pyridine rings is 2. The Morgan fingerprint density at radius 2 is 1.13 bits per heavy atom. The molecule has 0 radical (unpaired) electrons. The lowest BCUT2D eigenvalue weighted by molar-refractivity contribution is 0.198. The number of hydrogen-bond acceptors (Lipinski definition) is 9. The molecule has 17 heteroatoms. The topological polar surface area (TPSA) is 153 Å². The third kappa shape index (κ3) is 16.4. The van der Waals surface area contributed by atoms with Crippen molar-refractivity contribution in [1.82, 2.24) is 20.6 Å². The molecule has 61 heavy (non-hydrogen) atoms. The van der Waals surface area contributed by atoms with Crippen LogP contribution in [0.25, 0.3) is 0 Å². The summed E-state index contributed by atoms with van der Waals surface area (Å²) in [5.41, 5.74) is 2.31. The second kappa shape index (κ2) is 23.7. The Labute approximate surface area is 377 Å². The summed E-state index contributed by atoms with van der Waals surface area (Å²) in [6.45, 7) is 16.5. The molecule has 0 bridgehead atoms. The number of ether oxygens (including phenoxy) is 1. The van der Waals surface area contributed by atoms with Crippen LogP contribution in [-0.4, -0.2) is 86.9 Å². The van der Waals surface area contributed by atoms with Crippen molar-refractivity contribution in [1.29, 1.82) is 0 Å². The minimum atomic E-state index is -1.91. The van der Waals surface area contributed by atoms with E-state index >= 15 is 0 Å². The van der Waals surface area contributed by atoms with E-state index in [9.17, 15) is 14.7 Å². The number of rotatable bonds is 8. The molecule has 0 unspecified atom stereocenters. The average molecular weight is 916 g/mol. The molecule has 3 aliphatic rings. The average Bonchev–Trinajstić information content (AvgIpc) is 3.82. The molecule has 332 valence electrons. The van der Waals surface area contributed by atoms with E-state index in [0.29, 0.717) is 11.6 Å². The van der Waals surface area contributed by atoms with Crippen LogP contribution in [0.3, 0.4) is 0 Å². The van der Waals surface area contributed by atoms with Gasteiger partial charge in [0.2, 0.25) is 0 Å². The number of carbonyl (C=O) groups excluding carboxylic acids is 2. The van der Waals surface area contributed by atoms with Gasteiger partial charge in [-0.1, -0.05) is 44.0 Å². The van der Waals surface area contributed by atoms with Gasteiger partial charge < -0.3 is 34.7 Å². The smallest absolute Gasteiger partial charge is 0.320 e. The Balaban J connectivity index is 0.000000242. The number of benzene rings is 2. The van der Waals surface area contributed by atoms with Crippen LogP contribution in [0.1, 0.15) is 59.3 Å². The molecule has 5 heterocycles. The van der Waals surface area contributed by atoms with Crippen molar-refractivity contribution in [3.8, 4) is 11.5 Å². The van der Waals surface area contributed by atoms with E-state index < -0.39 is 8.32 Å². The fourth-order valence-electron chi connectivity index (χ4n) is 6.48. The monoisotopic (exact) mass is 914 g/mol. The molecule has 4 amide bonds. The molecule has 2 aromatic carbocycles. The first-order chi connectivity index (χ1) is 28.6. The number of urea groups is 2. The summed E-state index contributed by atoms with van der Waals surface area (Å²) >= 11 is 11.9. The normalized spacial score (nSPS) is 15.8. The zero-order chi connectivity index (χ0) is 43.1. The van der Waals surface area contributed by atoms with Gasteiger partial charge in [0.15, 0.2) is 0 Å². The number of anilines is 4. The van der Waals surface area contributed by atoms with E-state index in [-0.39, 0.29) is 47.3 Å². The minimum Gasteiger partial charge on any atom is -0.542 e. The molecule has 13 nitrogen and oxygen atoms in total. The van der Waals surface area contributed by atoms with Crippen LogP contribution in [0.4, 0.5) is 32.6 Å². The molecule has 0 spiro atoms. The number of hydrogen-bond donors (Lipinski definition) is 5. The predicted octanol–water partition coefficient (Wildman–Crippen LogP) is 10.4. The van der Waals surface area contributed by atoms with Gasteiger partial charge in [-0.15, -0.1) is 12.4 Å². The molecule has 2 aromatic heterocycles. The first kappa shape index (κ1) is 49.2. The molecular weight excluding hydrogens is 855 g/mol. The van der Waals surface area contributed by atoms with Gasteiger partial charge in [-0.05, 0) is 129 Å². The highest BCUT2D eigenvalue weighted by Crippen LogP contribution is 2.37. The molecule has 5 N–H and O–H groups in total. The van der Waals surface area contributed by atoms with Gasteiger partial charge in [0.05, 0.1) is 12.4 Å². The maximum absolute atomic E-state index is 12.4. The van der Waals surface area contributed by atoms with E-state index in [1.54, 1.807) is 18.3 Å². The summed E-state index contributed by atoms with van der Waals surface area (Å²) in [6, 6.07) is 22.1. The fourth-order valence-corrected chi connectivity index (χ4v) is 7.74. The zero-order valence-corrected chi connectivity index (χ0v) is 39.1. The van der Waals surface area contributed by atoms with Crippen LogP contribution in [-0.2, 0) is 4.74 Å².